The van der Waals surface area contributed by atoms with Crippen LogP contribution in [0.2, 0.25) is 0 Å². The number of carbonyl (C=O) groups is 2. The summed E-state index contributed by atoms with van der Waals surface area (Å²) in [6.45, 7) is 10.6. The fourth-order valence-corrected chi connectivity index (χ4v) is 7.43. The molecular weight excluding hydrogens is 716 g/mol. The van der Waals surface area contributed by atoms with Crippen molar-refractivity contribution in [3.8, 4) is 45.6 Å². The summed E-state index contributed by atoms with van der Waals surface area (Å²) in [6.07, 6.45) is 2.32. The van der Waals surface area contributed by atoms with E-state index in [2.05, 4.69) is 9.98 Å². The Morgan fingerprint density at radius 1 is 0.536 bits per heavy atom. The maximum absolute atomic E-state index is 12.4. The van der Waals surface area contributed by atoms with Crippen LogP contribution >= 0.6 is 0 Å². The number of phenols is 6. The number of aliphatic imine (C=N–C) groups is 2. The molecular formula is C44H40N2O10. The van der Waals surface area contributed by atoms with Crippen LogP contribution in [0.25, 0.3) is 32.7 Å². The molecule has 0 heterocycles. The molecule has 0 amide bonds. The van der Waals surface area contributed by atoms with E-state index in [0.29, 0.717) is 33.0 Å². The van der Waals surface area contributed by atoms with Gasteiger partial charge in [0.15, 0.2) is 23.0 Å². The number of benzene rings is 6. The quantitative estimate of drug-likeness (QED) is 0.0515. The summed E-state index contributed by atoms with van der Waals surface area (Å²) in [7, 11) is 0. The first kappa shape index (κ1) is 38.6. The highest BCUT2D eigenvalue weighted by atomic mass is 16.4. The molecule has 0 atom stereocenters. The number of hydrogen-bond acceptors (Lipinski definition) is 10. The van der Waals surface area contributed by atoms with Gasteiger partial charge in [0.1, 0.15) is 11.5 Å². The summed E-state index contributed by atoms with van der Waals surface area (Å²) in [4.78, 5) is 32.5. The van der Waals surface area contributed by atoms with Crippen LogP contribution in [0.3, 0.4) is 0 Å². The number of carboxylic acids is 2. The first-order valence-electron chi connectivity index (χ1n) is 17.7. The van der Waals surface area contributed by atoms with E-state index in [0.717, 1.165) is 12.4 Å². The predicted molar refractivity (Wildman–Crippen MR) is 216 cm³/mol. The number of carboxylic acid groups (broad SMARTS) is 2. The lowest BCUT2D eigenvalue weighted by atomic mass is 9.83. The van der Waals surface area contributed by atoms with Gasteiger partial charge >= 0.3 is 11.9 Å². The number of fused-ring (bicyclic) bond motifs is 2. The average molecular weight is 757 g/mol. The second-order valence-electron chi connectivity index (χ2n) is 14.2. The third-order valence-corrected chi connectivity index (χ3v) is 9.92. The standard InChI is InChI=1S/C44H40N2O10/c1-19(2)31-25-15-21(5)33(39(49)35(25)27(37(47)41(31)51)17-45-29-13-9-7-11-23(29)43(53)54)34-22(6)16-26-32(20(3)4)42(52)38(48)28(36(26)40(34)50)18-46-30-14-10-8-12-24(30)44(55)56/h7-20,47-52H,1-6H3,(H,53,54)(H,55,56). The third-order valence-electron chi connectivity index (χ3n) is 9.92. The summed E-state index contributed by atoms with van der Waals surface area (Å²) in [6, 6.07) is 15.3. The van der Waals surface area contributed by atoms with E-state index in [1.807, 2.05) is 0 Å². The van der Waals surface area contributed by atoms with Gasteiger partial charge in [0.25, 0.3) is 0 Å². The molecule has 0 bridgehead atoms. The van der Waals surface area contributed by atoms with Gasteiger partial charge in [-0.3, -0.25) is 9.98 Å². The van der Waals surface area contributed by atoms with Gasteiger partial charge in [-0.25, -0.2) is 9.59 Å². The summed E-state index contributed by atoms with van der Waals surface area (Å²) in [5.74, 6) is -6.06. The van der Waals surface area contributed by atoms with E-state index in [1.54, 1.807) is 65.8 Å². The molecule has 0 radical (unpaired) electrons. The van der Waals surface area contributed by atoms with E-state index in [-0.39, 0.29) is 67.4 Å². The minimum atomic E-state index is -1.23. The van der Waals surface area contributed by atoms with E-state index in [4.69, 9.17) is 0 Å². The van der Waals surface area contributed by atoms with Crippen LogP contribution < -0.4 is 0 Å². The highest BCUT2D eigenvalue weighted by molar-refractivity contribution is 6.15. The van der Waals surface area contributed by atoms with Gasteiger partial charge in [0, 0.05) is 45.5 Å². The number of hydrogen-bond donors (Lipinski definition) is 8. The number of aryl methyl sites for hydroxylation is 2. The van der Waals surface area contributed by atoms with Crippen molar-refractivity contribution in [2.24, 2.45) is 9.98 Å². The molecule has 0 saturated carbocycles. The van der Waals surface area contributed by atoms with Crippen molar-refractivity contribution >= 4 is 57.3 Å². The molecule has 6 aromatic rings. The Labute approximate surface area is 321 Å². The van der Waals surface area contributed by atoms with E-state index in [9.17, 15) is 50.4 Å². The highest BCUT2D eigenvalue weighted by Crippen LogP contribution is 2.54. The van der Waals surface area contributed by atoms with Gasteiger partial charge in [-0.15, -0.1) is 0 Å². The Balaban J connectivity index is 1.73. The molecule has 8 N–H and O–H groups in total. The van der Waals surface area contributed by atoms with Gasteiger partial charge in [-0.2, -0.15) is 0 Å². The lowest BCUT2D eigenvalue weighted by molar-refractivity contribution is 0.0687. The molecule has 6 rings (SSSR count). The Morgan fingerprint density at radius 2 is 0.875 bits per heavy atom. The summed E-state index contributed by atoms with van der Waals surface area (Å²) in [5, 5.41) is 90.5. The summed E-state index contributed by atoms with van der Waals surface area (Å²) < 4.78 is 0. The zero-order valence-corrected chi connectivity index (χ0v) is 31.4. The Morgan fingerprint density at radius 3 is 1.20 bits per heavy atom. The molecule has 0 aliphatic rings. The van der Waals surface area contributed by atoms with Gasteiger partial charge < -0.3 is 40.9 Å². The number of aromatic carboxylic acids is 2. The first-order chi connectivity index (χ1) is 26.5. The topological polar surface area (TPSA) is 221 Å². The van der Waals surface area contributed by atoms with Crippen molar-refractivity contribution in [3.63, 3.8) is 0 Å². The molecule has 0 aliphatic heterocycles. The molecule has 0 aliphatic carbocycles. The maximum Gasteiger partial charge on any atom is 0.337 e. The number of nitrogens with zero attached hydrogens (tertiary/aromatic N) is 2. The highest BCUT2D eigenvalue weighted by Gasteiger charge is 2.30. The van der Waals surface area contributed by atoms with Crippen LogP contribution in [0.15, 0.2) is 70.6 Å². The molecule has 12 nitrogen and oxygen atoms in total. The van der Waals surface area contributed by atoms with E-state index < -0.39 is 46.4 Å². The monoisotopic (exact) mass is 756 g/mol. The summed E-state index contributed by atoms with van der Waals surface area (Å²) in [5.41, 5.74) is 1.47. The minimum absolute atomic E-state index is 0.0546. The zero-order chi connectivity index (χ0) is 40.9. The average Bonchev–Trinajstić information content (AvgIpc) is 3.13. The number of rotatable bonds is 9. The molecule has 0 fully saturated rings. The zero-order valence-electron chi connectivity index (χ0n) is 31.4. The molecule has 6 aromatic carbocycles. The molecule has 0 saturated heterocycles. The molecule has 12 heteroatoms. The fraction of sp³-hybridized carbons (Fsp3) is 0.182. The van der Waals surface area contributed by atoms with Crippen molar-refractivity contribution < 1.29 is 50.4 Å². The Kier molecular flexibility index (Phi) is 10.1. The van der Waals surface area contributed by atoms with Gasteiger partial charge in [-0.05, 0) is 71.8 Å². The Bertz CT molecular complexity index is 2510. The second kappa shape index (κ2) is 14.6. The fourth-order valence-electron chi connectivity index (χ4n) is 7.43. The predicted octanol–water partition coefficient (Wildman–Crippen LogP) is 9.65. The minimum Gasteiger partial charge on any atom is -0.507 e. The smallest absolute Gasteiger partial charge is 0.337 e. The van der Waals surface area contributed by atoms with Gasteiger partial charge in [0.2, 0.25) is 0 Å². The van der Waals surface area contributed by atoms with Crippen molar-refractivity contribution in [1.29, 1.82) is 0 Å². The number of para-hydroxylation sites is 2. The van der Waals surface area contributed by atoms with Crippen LogP contribution in [-0.4, -0.2) is 65.2 Å². The molecule has 56 heavy (non-hydrogen) atoms. The van der Waals surface area contributed by atoms with Crippen molar-refractivity contribution in [2.75, 3.05) is 0 Å². The SMILES string of the molecule is Cc1cc2c(C(C)C)c(O)c(O)c(C=Nc3ccccc3C(=O)O)c2c(O)c1-c1c(C)cc2c(C(C)C)c(O)c(O)c(C=Nc3ccccc3C(=O)O)c2c1O. The van der Waals surface area contributed by atoms with Crippen LogP contribution in [0.4, 0.5) is 11.4 Å². The van der Waals surface area contributed by atoms with Crippen molar-refractivity contribution in [1.82, 2.24) is 0 Å². The number of phenolic OH excluding ortho intramolecular Hbond substituents is 6. The van der Waals surface area contributed by atoms with E-state index in [1.165, 1.54) is 36.4 Å². The molecule has 0 aromatic heterocycles. The van der Waals surface area contributed by atoms with Crippen LogP contribution in [0.1, 0.15) is 93.6 Å². The maximum atomic E-state index is 12.4. The summed E-state index contributed by atoms with van der Waals surface area (Å²) >= 11 is 0. The second-order valence-corrected chi connectivity index (χ2v) is 14.2. The van der Waals surface area contributed by atoms with Gasteiger partial charge in [0.05, 0.1) is 33.6 Å². The van der Waals surface area contributed by atoms with Crippen LogP contribution in [0.5, 0.6) is 34.5 Å². The lowest BCUT2D eigenvalue weighted by Crippen LogP contribution is -2.01. The lowest BCUT2D eigenvalue weighted by Gasteiger charge is -2.23. The van der Waals surface area contributed by atoms with Crippen LogP contribution in [0, 0.1) is 13.8 Å². The largest absolute Gasteiger partial charge is 0.507 e. The van der Waals surface area contributed by atoms with Crippen LogP contribution in [-0.2, 0) is 0 Å². The van der Waals surface area contributed by atoms with E-state index >= 15 is 0 Å². The molecule has 286 valence electrons. The first-order valence-corrected chi connectivity index (χ1v) is 17.7. The third kappa shape index (κ3) is 6.34. The normalized spacial score (nSPS) is 11.9. The Hall–Kier alpha value is -7.08. The van der Waals surface area contributed by atoms with Crippen molar-refractivity contribution in [3.05, 3.63) is 105 Å². The van der Waals surface area contributed by atoms with Gasteiger partial charge in [-0.1, -0.05) is 64.1 Å². The molecule has 0 spiro atoms. The molecule has 0 unspecified atom stereocenters. The van der Waals surface area contributed by atoms with Crippen molar-refractivity contribution in [2.45, 2.75) is 53.4 Å². The number of aromatic hydroxyl groups is 6.